The third-order valence-corrected chi connectivity index (χ3v) is 1.11. The Kier molecular flexibility index (Phi) is 8.49. The molecule has 0 rings (SSSR count). The fraction of sp³-hybridized carbons (Fsp3) is 1.00. The molecule has 0 heterocycles. The number of hydrogen-bond donors (Lipinski definition) is 2. The van der Waals surface area contributed by atoms with Crippen LogP contribution in [0.3, 0.4) is 0 Å². The van der Waals surface area contributed by atoms with E-state index >= 15 is 0 Å². The molecule has 4 nitrogen and oxygen atoms in total. The number of ether oxygens (including phenoxy) is 2. The number of methoxy groups -OCH3 is 1. The third-order valence-electron chi connectivity index (χ3n) is 1.11. The van der Waals surface area contributed by atoms with Crippen molar-refractivity contribution in [3.05, 3.63) is 0 Å². The summed E-state index contributed by atoms with van der Waals surface area (Å²) in [5.74, 6) is 0. The van der Waals surface area contributed by atoms with Gasteiger partial charge in [0, 0.05) is 13.7 Å². The molecule has 0 aromatic rings. The van der Waals surface area contributed by atoms with Gasteiger partial charge in [0.05, 0.1) is 0 Å². The topological polar surface area (TPSA) is 58.9 Å². The molecular weight excluding hydrogens is 262 g/mol. The van der Waals surface area contributed by atoms with Gasteiger partial charge >= 0.3 is 12.4 Å². The standard InChI is InChI=1S/C4H7F3O2.C3H5F3O2/c1-2-9-3(8)4(5,6)7;1-8-2(7)3(4,5)6/h3,8H,2H2,1H3;2,7H,1H3. The normalized spacial score (nSPS) is 15.9. The fourth-order valence-electron chi connectivity index (χ4n) is 0.386. The van der Waals surface area contributed by atoms with Gasteiger partial charge in [-0.05, 0) is 6.92 Å². The van der Waals surface area contributed by atoms with Gasteiger partial charge in [0.1, 0.15) is 0 Å². The molecule has 0 aliphatic rings. The van der Waals surface area contributed by atoms with Crippen molar-refractivity contribution in [1.29, 1.82) is 0 Å². The first kappa shape index (κ1) is 18.8. The maximum Gasteiger partial charge on any atom is 0.439 e. The number of aliphatic hydroxyl groups is 2. The van der Waals surface area contributed by atoms with Crippen LogP contribution in [0.5, 0.6) is 0 Å². The van der Waals surface area contributed by atoms with Crippen molar-refractivity contribution in [2.75, 3.05) is 13.7 Å². The van der Waals surface area contributed by atoms with Gasteiger partial charge in [0.25, 0.3) is 12.6 Å². The average molecular weight is 274 g/mol. The largest absolute Gasteiger partial charge is 0.439 e. The Balaban J connectivity index is 0. The quantitative estimate of drug-likeness (QED) is 0.603. The molecule has 2 unspecified atom stereocenters. The van der Waals surface area contributed by atoms with E-state index in [4.69, 9.17) is 10.2 Å². The van der Waals surface area contributed by atoms with Crippen molar-refractivity contribution in [2.24, 2.45) is 0 Å². The smallest absolute Gasteiger partial charge is 0.361 e. The summed E-state index contributed by atoms with van der Waals surface area (Å²) in [6, 6.07) is 0. The van der Waals surface area contributed by atoms with E-state index in [1.165, 1.54) is 6.92 Å². The predicted octanol–water partition coefficient (Wildman–Crippen LogP) is 1.42. The van der Waals surface area contributed by atoms with Gasteiger partial charge in [-0.15, -0.1) is 0 Å². The van der Waals surface area contributed by atoms with Crippen molar-refractivity contribution in [3.8, 4) is 0 Å². The first-order valence-electron chi connectivity index (χ1n) is 4.10. The number of hydrogen-bond acceptors (Lipinski definition) is 4. The lowest BCUT2D eigenvalue weighted by atomic mass is 10.6. The van der Waals surface area contributed by atoms with Crippen LogP contribution in [0.15, 0.2) is 0 Å². The molecule has 0 bridgehead atoms. The number of halogens is 6. The summed E-state index contributed by atoms with van der Waals surface area (Å²) in [7, 11) is 0.776. The second-order valence-corrected chi connectivity index (χ2v) is 2.48. The van der Waals surface area contributed by atoms with E-state index in [0.717, 1.165) is 7.11 Å². The average Bonchev–Trinajstić information content (AvgIpc) is 2.15. The van der Waals surface area contributed by atoms with Crippen LogP contribution in [-0.4, -0.2) is 48.9 Å². The number of aliphatic hydroxyl groups excluding tert-OH is 2. The summed E-state index contributed by atoms with van der Waals surface area (Å²) < 4.78 is 74.4. The van der Waals surface area contributed by atoms with E-state index in [0.29, 0.717) is 0 Å². The molecular formula is C7H12F6O4. The molecule has 0 fully saturated rings. The van der Waals surface area contributed by atoms with Crippen LogP contribution in [0.2, 0.25) is 0 Å². The fourth-order valence-corrected chi connectivity index (χ4v) is 0.386. The molecule has 0 aliphatic carbocycles. The molecule has 0 aliphatic heterocycles. The summed E-state index contributed by atoms with van der Waals surface area (Å²) in [6.07, 6.45) is -14.6. The van der Waals surface area contributed by atoms with Crippen LogP contribution in [0.1, 0.15) is 6.92 Å². The van der Waals surface area contributed by atoms with Gasteiger partial charge in [-0.1, -0.05) is 0 Å². The van der Waals surface area contributed by atoms with Crippen LogP contribution in [-0.2, 0) is 9.47 Å². The molecule has 2 atom stereocenters. The Labute approximate surface area is 92.7 Å². The van der Waals surface area contributed by atoms with Crippen LogP contribution in [0.25, 0.3) is 0 Å². The highest BCUT2D eigenvalue weighted by atomic mass is 19.4. The summed E-state index contributed by atoms with van der Waals surface area (Å²) >= 11 is 0. The minimum absolute atomic E-state index is 0.152. The van der Waals surface area contributed by atoms with Crippen molar-refractivity contribution in [2.45, 2.75) is 31.9 Å². The summed E-state index contributed by atoms with van der Waals surface area (Å²) in [5.41, 5.74) is 0. The molecule has 2 N–H and O–H groups in total. The molecule has 0 amide bonds. The third kappa shape index (κ3) is 10.3. The highest BCUT2D eigenvalue weighted by molar-refractivity contribution is 4.51. The second-order valence-electron chi connectivity index (χ2n) is 2.48. The molecule has 106 valence electrons. The van der Waals surface area contributed by atoms with E-state index in [-0.39, 0.29) is 6.61 Å². The van der Waals surface area contributed by atoms with Crippen molar-refractivity contribution >= 4 is 0 Å². The van der Waals surface area contributed by atoms with E-state index in [1.807, 2.05) is 0 Å². The van der Waals surface area contributed by atoms with Crippen LogP contribution in [0.4, 0.5) is 26.3 Å². The molecule has 0 saturated carbocycles. The lowest BCUT2D eigenvalue weighted by molar-refractivity contribution is -0.292. The maximum atomic E-state index is 11.3. The molecule has 17 heavy (non-hydrogen) atoms. The van der Waals surface area contributed by atoms with E-state index in [2.05, 4.69) is 9.47 Å². The van der Waals surface area contributed by atoms with Gasteiger partial charge in [-0.3, -0.25) is 0 Å². The monoisotopic (exact) mass is 274 g/mol. The van der Waals surface area contributed by atoms with E-state index < -0.39 is 24.9 Å². The van der Waals surface area contributed by atoms with Crippen LogP contribution in [0, 0.1) is 0 Å². The summed E-state index contributed by atoms with van der Waals surface area (Å²) in [5, 5.41) is 15.9. The zero-order chi connectivity index (χ0) is 14.3. The second kappa shape index (κ2) is 7.69. The van der Waals surface area contributed by atoms with Crippen molar-refractivity contribution < 1.29 is 46.0 Å². The van der Waals surface area contributed by atoms with E-state index in [1.54, 1.807) is 0 Å². The molecule has 0 aromatic heterocycles. The molecule has 10 heteroatoms. The first-order chi connectivity index (χ1) is 7.46. The van der Waals surface area contributed by atoms with Crippen molar-refractivity contribution in [3.63, 3.8) is 0 Å². The number of alkyl halides is 6. The van der Waals surface area contributed by atoms with Crippen molar-refractivity contribution in [1.82, 2.24) is 0 Å². The maximum absolute atomic E-state index is 11.3. The van der Waals surface area contributed by atoms with E-state index in [9.17, 15) is 26.3 Å². The van der Waals surface area contributed by atoms with Gasteiger partial charge in [0.2, 0.25) is 0 Å². The lowest BCUT2D eigenvalue weighted by Gasteiger charge is -2.12. The highest BCUT2D eigenvalue weighted by Crippen LogP contribution is 2.20. The lowest BCUT2D eigenvalue weighted by Crippen LogP contribution is -2.31. The van der Waals surface area contributed by atoms with Gasteiger partial charge in [0.15, 0.2) is 0 Å². The Hall–Kier alpha value is -0.580. The zero-order valence-electron chi connectivity index (χ0n) is 8.84. The van der Waals surface area contributed by atoms with Crippen LogP contribution < -0.4 is 0 Å². The Bertz CT molecular complexity index is 192. The van der Waals surface area contributed by atoms with Crippen LogP contribution >= 0.6 is 0 Å². The highest BCUT2D eigenvalue weighted by Gasteiger charge is 2.39. The number of rotatable bonds is 3. The minimum atomic E-state index is -4.66. The molecule has 0 saturated heterocycles. The van der Waals surface area contributed by atoms with Gasteiger partial charge in [-0.2, -0.15) is 26.3 Å². The van der Waals surface area contributed by atoms with Gasteiger partial charge in [-0.25, -0.2) is 0 Å². The Morgan fingerprint density at radius 3 is 1.35 bits per heavy atom. The molecule has 0 aromatic carbocycles. The Morgan fingerprint density at radius 2 is 1.29 bits per heavy atom. The molecule has 0 spiro atoms. The summed E-state index contributed by atoms with van der Waals surface area (Å²) in [6.45, 7) is 1.22. The minimum Gasteiger partial charge on any atom is -0.361 e. The molecule has 0 radical (unpaired) electrons. The first-order valence-corrected chi connectivity index (χ1v) is 4.10. The Morgan fingerprint density at radius 1 is 0.941 bits per heavy atom. The summed E-state index contributed by atoms with van der Waals surface area (Å²) in [4.78, 5) is 0. The van der Waals surface area contributed by atoms with Gasteiger partial charge < -0.3 is 19.7 Å². The SMILES string of the molecule is CCOC(O)C(F)(F)F.COC(O)C(F)(F)F. The zero-order valence-corrected chi connectivity index (χ0v) is 8.84. The predicted molar refractivity (Wildman–Crippen MR) is 42.8 cm³/mol.